The van der Waals surface area contributed by atoms with Crippen LogP contribution in [-0.4, -0.2) is 90.6 Å². The van der Waals surface area contributed by atoms with Crippen molar-refractivity contribution in [2.24, 2.45) is 4.99 Å². The van der Waals surface area contributed by atoms with E-state index in [2.05, 4.69) is 9.98 Å². The van der Waals surface area contributed by atoms with Gasteiger partial charge in [-0.05, 0) is 89.0 Å². The molecule has 7 aromatic carbocycles. The van der Waals surface area contributed by atoms with Gasteiger partial charge >= 0.3 is 0 Å². The molecule has 1 atom stereocenters. The number of ether oxygens (including phenoxy) is 10. The highest BCUT2D eigenvalue weighted by molar-refractivity contribution is 6.10. The van der Waals surface area contributed by atoms with Crippen molar-refractivity contribution in [2.75, 3.05) is 56.4 Å². The van der Waals surface area contributed by atoms with Gasteiger partial charge in [0.05, 0.1) is 49.8 Å². The van der Waals surface area contributed by atoms with Crippen molar-refractivity contribution in [3.05, 3.63) is 190 Å². The number of oxazole rings is 1. The van der Waals surface area contributed by atoms with E-state index in [9.17, 15) is 14.4 Å². The number of carbonyl (C=O) groups is 3. The van der Waals surface area contributed by atoms with Crippen LogP contribution in [0.3, 0.4) is 0 Å². The number of hydrogen-bond acceptors (Lipinski definition) is 16. The molecule has 0 bridgehead atoms. The Morgan fingerprint density at radius 2 is 0.987 bits per heavy atom. The third-order valence-electron chi connectivity index (χ3n) is 12.5. The van der Waals surface area contributed by atoms with Crippen LogP contribution in [0, 0.1) is 0 Å². The van der Waals surface area contributed by atoms with Crippen LogP contribution in [0.2, 0.25) is 0 Å². The van der Waals surface area contributed by atoms with E-state index in [1.165, 1.54) is 56.0 Å². The highest BCUT2D eigenvalue weighted by Crippen LogP contribution is 2.42. The molecule has 1 aromatic heterocycles. The summed E-state index contributed by atoms with van der Waals surface area (Å²) in [7, 11) is 10.5. The number of methoxy groups -OCH3 is 7. The highest BCUT2D eigenvalue weighted by Gasteiger charge is 2.30. The molecule has 386 valence electrons. The summed E-state index contributed by atoms with van der Waals surface area (Å²) < 4.78 is 63.0. The molecule has 76 heavy (non-hydrogen) atoms. The van der Waals surface area contributed by atoms with Crippen LogP contribution in [0.5, 0.6) is 51.7 Å². The van der Waals surface area contributed by atoms with Gasteiger partial charge in [0.15, 0.2) is 57.8 Å². The molecule has 1 aliphatic heterocycles. The molecule has 0 fully saturated rings. The molecule has 0 aliphatic carbocycles. The predicted octanol–water partition coefficient (Wildman–Crippen LogP) is 10.7. The summed E-state index contributed by atoms with van der Waals surface area (Å²) >= 11 is 0. The lowest BCUT2D eigenvalue weighted by Gasteiger charge is -2.16. The Bertz CT molecular complexity index is 3420. The number of aliphatic imine (C=N–C) groups is 1. The summed E-state index contributed by atoms with van der Waals surface area (Å²) in [6.45, 7) is 0.266. The molecule has 16 nitrogen and oxygen atoms in total. The first-order chi connectivity index (χ1) is 37.1. The minimum Gasteiger partial charge on any atom is -0.493 e. The van der Waals surface area contributed by atoms with Gasteiger partial charge in [-0.1, -0.05) is 72.8 Å². The molecule has 8 aromatic rings. The zero-order chi connectivity index (χ0) is 53.3. The lowest BCUT2D eigenvalue weighted by Crippen LogP contribution is -2.20. The van der Waals surface area contributed by atoms with Gasteiger partial charge in [0, 0.05) is 33.4 Å². The van der Waals surface area contributed by atoms with E-state index in [4.69, 9.17) is 51.8 Å². The summed E-state index contributed by atoms with van der Waals surface area (Å²) in [5, 5.41) is 0. The lowest BCUT2D eigenvalue weighted by molar-refractivity contribution is 0.0945. The van der Waals surface area contributed by atoms with Crippen molar-refractivity contribution in [3.8, 4) is 74.3 Å². The van der Waals surface area contributed by atoms with Gasteiger partial charge in [0.1, 0.15) is 26.1 Å². The van der Waals surface area contributed by atoms with Crippen molar-refractivity contribution in [3.63, 3.8) is 0 Å². The third-order valence-corrected chi connectivity index (χ3v) is 12.5. The maximum atomic E-state index is 14.1. The Labute approximate surface area is 438 Å². The highest BCUT2D eigenvalue weighted by atomic mass is 16.5. The zero-order valence-electron chi connectivity index (χ0n) is 42.7. The molecular weight excluding hydrogens is 973 g/mol. The first kappa shape index (κ1) is 51.3. The first-order valence-electron chi connectivity index (χ1n) is 23.8. The normalized spacial score (nSPS) is 12.7. The molecule has 0 spiro atoms. The molecule has 1 unspecified atom stereocenters. The fraction of sp³-hybridized carbons (Fsp3) is 0.183. The van der Waals surface area contributed by atoms with Crippen LogP contribution in [0.25, 0.3) is 22.6 Å². The molecule has 0 radical (unpaired) electrons. The maximum absolute atomic E-state index is 14.1. The van der Waals surface area contributed by atoms with Crippen LogP contribution in [-0.2, 0) is 18.0 Å². The Morgan fingerprint density at radius 1 is 0.474 bits per heavy atom. The average molecular weight is 1030 g/mol. The largest absolute Gasteiger partial charge is 0.493 e. The van der Waals surface area contributed by atoms with Gasteiger partial charge in [-0.15, -0.1) is 0 Å². The number of hydrogen-bond donors (Lipinski definition) is 0. The topological polar surface area (TPSA) is 182 Å². The van der Waals surface area contributed by atoms with Crippen LogP contribution in [0.15, 0.2) is 155 Å². The van der Waals surface area contributed by atoms with E-state index >= 15 is 0 Å². The summed E-state index contributed by atoms with van der Waals surface area (Å²) in [6.07, 6.45) is 1.32. The number of ketones is 3. The number of Topliss-reactive ketones (excluding diaryl/α,β-unsaturated/α-hetero) is 1. The molecule has 0 saturated carbocycles. The SMILES string of the molecule is COc1cc(C(=O)c2ccc(-c3cccc(COc4cc(C(=O)C5COC(c6ccc(COc7cc(C(=O)c8coc(-c9ccccc9)n8)cc(OC)c7OC)cc6)=N5)cc(OC)c4OC)c3)cc2)cc(OC)c1OC. The number of aromatic nitrogens is 1. The summed E-state index contributed by atoms with van der Waals surface area (Å²) in [4.78, 5) is 50.3. The number of rotatable bonds is 22. The average Bonchev–Trinajstić information content (AvgIpc) is 4.19. The quantitative estimate of drug-likeness (QED) is 0.0584. The molecule has 1 aliphatic rings. The molecule has 0 amide bonds. The van der Waals surface area contributed by atoms with Gasteiger partial charge in [-0.2, -0.15) is 0 Å². The fourth-order valence-electron chi connectivity index (χ4n) is 8.54. The van der Waals surface area contributed by atoms with E-state index in [1.807, 2.05) is 91.0 Å². The fourth-order valence-corrected chi connectivity index (χ4v) is 8.54. The van der Waals surface area contributed by atoms with Crippen LogP contribution in [0.1, 0.15) is 59.0 Å². The van der Waals surface area contributed by atoms with Crippen molar-refractivity contribution >= 4 is 23.2 Å². The summed E-state index contributed by atoms with van der Waals surface area (Å²) in [5.41, 5.74) is 6.38. The first-order valence-corrected chi connectivity index (χ1v) is 23.8. The molecular formula is C60H52N2O14. The smallest absolute Gasteiger partial charge is 0.226 e. The van der Waals surface area contributed by atoms with Crippen LogP contribution >= 0.6 is 0 Å². The van der Waals surface area contributed by atoms with Gasteiger partial charge in [0.2, 0.25) is 34.8 Å². The lowest BCUT2D eigenvalue weighted by atomic mass is 9.98. The van der Waals surface area contributed by atoms with Gasteiger partial charge in [-0.25, -0.2) is 9.98 Å². The van der Waals surface area contributed by atoms with E-state index in [0.717, 1.165) is 27.8 Å². The van der Waals surface area contributed by atoms with E-state index in [-0.39, 0.29) is 54.2 Å². The molecule has 16 heteroatoms. The monoisotopic (exact) mass is 1020 g/mol. The van der Waals surface area contributed by atoms with E-state index in [0.29, 0.717) is 80.0 Å². The van der Waals surface area contributed by atoms with E-state index in [1.54, 1.807) is 48.5 Å². The van der Waals surface area contributed by atoms with Crippen molar-refractivity contribution in [2.45, 2.75) is 19.3 Å². The zero-order valence-corrected chi connectivity index (χ0v) is 42.7. The molecule has 0 saturated heterocycles. The maximum Gasteiger partial charge on any atom is 0.226 e. The van der Waals surface area contributed by atoms with Crippen molar-refractivity contribution < 1.29 is 66.2 Å². The van der Waals surface area contributed by atoms with Crippen LogP contribution < -0.4 is 42.6 Å². The second kappa shape index (κ2) is 23.1. The van der Waals surface area contributed by atoms with Gasteiger partial charge in [0.25, 0.3) is 0 Å². The third kappa shape index (κ3) is 10.9. The summed E-state index contributed by atoms with van der Waals surface area (Å²) in [6, 6.07) is 40.5. The molecule has 2 heterocycles. The Hall–Kier alpha value is -9.57. The Balaban J connectivity index is 0.850. The standard InChI is InChI=1S/C60H52N2O14/c1-66-47-25-42(26-48(67-2)56(47)70-5)53(63)38-22-20-37(21-23-38)41-15-11-12-36(24-41)32-74-52-30-44(28-50(69-4)58(52)72-7)55(65)46-34-76-60(62-46)40-18-16-35(17-19-40)31-73-51-29-43(27-49(68-3)57(51)71-6)54(64)45-33-75-59(61-45)39-13-9-8-10-14-39/h8-30,33,46H,31-32,34H2,1-7H3. The summed E-state index contributed by atoms with van der Waals surface area (Å²) in [5.74, 6) is 2.74. The minimum absolute atomic E-state index is 0.0229. The minimum atomic E-state index is -0.844. The second-order valence-corrected chi connectivity index (χ2v) is 17.1. The number of benzene rings is 7. The second-order valence-electron chi connectivity index (χ2n) is 17.1. The van der Waals surface area contributed by atoms with Gasteiger partial charge in [-0.3, -0.25) is 14.4 Å². The van der Waals surface area contributed by atoms with E-state index < -0.39 is 6.04 Å². The molecule has 0 N–H and O–H groups in total. The van der Waals surface area contributed by atoms with Crippen molar-refractivity contribution in [1.29, 1.82) is 0 Å². The van der Waals surface area contributed by atoms with Gasteiger partial charge < -0.3 is 51.8 Å². The Kier molecular flexibility index (Phi) is 15.6. The van der Waals surface area contributed by atoms with Crippen molar-refractivity contribution in [1.82, 2.24) is 4.98 Å². The molecule has 9 rings (SSSR count). The number of carbonyl (C=O) groups excluding carboxylic acids is 3. The predicted molar refractivity (Wildman–Crippen MR) is 282 cm³/mol. The van der Waals surface area contributed by atoms with Crippen LogP contribution in [0.4, 0.5) is 0 Å². The Morgan fingerprint density at radius 3 is 1.58 bits per heavy atom. The number of nitrogens with zero attached hydrogens (tertiary/aromatic N) is 2.